The lowest BCUT2D eigenvalue weighted by Gasteiger charge is -2.58. The minimum Gasteiger partial charge on any atom is -0.405 e. The molecule has 0 radical (unpaired) electrons. The number of likely N-dealkylation sites (tertiary alicyclic amines) is 1. The van der Waals surface area contributed by atoms with Gasteiger partial charge in [-0.3, -0.25) is 9.69 Å². The van der Waals surface area contributed by atoms with Crippen molar-refractivity contribution in [1.29, 1.82) is 0 Å². The number of hydroxylamine groups is 2. The molecule has 6 nitrogen and oxygen atoms in total. The van der Waals surface area contributed by atoms with Crippen LogP contribution in [-0.2, 0) is 9.53 Å². The maximum atomic E-state index is 13.6. The van der Waals surface area contributed by atoms with E-state index in [1.54, 1.807) is 0 Å². The average Bonchev–Trinajstić information content (AvgIpc) is 2.85. The van der Waals surface area contributed by atoms with E-state index in [1.807, 2.05) is 30.3 Å². The van der Waals surface area contributed by atoms with E-state index in [4.69, 9.17) is 9.57 Å². The third kappa shape index (κ3) is 3.74. The summed E-state index contributed by atoms with van der Waals surface area (Å²) < 4.78 is 6.95. The van der Waals surface area contributed by atoms with Crippen molar-refractivity contribution in [2.75, 3.05) is 7.05 Å². The van der Waals surface area contributed by atoms with Crippen LogP contribution in [0.15, 0.2) is 30.3 Å². The summed E-state index contributed by atoms with van der Waals surface area (Å²) in [5.74, 6) is 0.854. The van der Waals surface area contributed by atoms with Gasteiger partial charge in [0.15, 0.2) is 5.60 Å². The summed E-state index contributed by atoms with van der Waals surface area (Å²) in [5.41, 5.74) is -2.52. The number of hydrogen-bond acceptors (Lipinski definition) is 5. The Morgan fingerprint density at radius 2 is 1.31 bits per heavy atom. The van der Waals surface area contributed by atoms with Crippen LogP contribution in [0, 0.1) is 0 Å². The molecule has 3 saturated heterocycles. The van der Waals surface area contributed by atoms with Crippen molar-refractivity contribution >= 4 is 5.91 Å². The van der Waals surface area contributed by atoms with Crippen molar-refractivity contribution in [2.45, 2.75) is 115 Å². The number of amides is 1. The van der Waals surface area contributed by atoms with E-state index >= 15 is 0 Å². The van der Waals surface area contributed by atoms with Crippen molar-refractivity contribution in [3.05, 3.63) is 30.3 Å². The number of hydrogen-bond donors (Lipinski definition) is 1. The van der Waals surface area contributed by atoms with E-state index in [1.165, 1.54) is 0 Å². The fraction of sp³-hybridized carbons (Fsp3) is 0.731. The van der Waals surface area contributed by atoms with E-state index in [0.29, 0.717) is 25.7 Å². The Morgan fingerprint density at radius 1 is 0.812 bits per heavy atom. The number of piperidine rings is 2. The first-order valence-electron chi connectivity index (χ1n) is 11.8. The maximum absolute atomic E-state index is 13.6. The molecule has 1 N–H and O–H groups in total. The molecule has 0 aliphatic carbocycles. The Hall–Kier alpha value is -1.63. The predicted octanol–water partition coefficient (Wildman–Crippen LogP) is 4.50. The molecule has 4 rings (SSSR count). The fourth-order valence-electron chi connectivity index (χ4n) is 6.93. The lowest BCUT2D eigenvalue weighted by atomic mass is 9.71. The molecule has 1 aromatic carbocycles. The van der Waals surface area contributed by atoms with Crippen LogP contribution in [0.1, 0.15) is 81.1 Å². The van der Waals surface area contributed by atoms with Crippen molar-refractivity contribution < 1.29 is 14.4 Å². The first-order chi connectivity index (χ1) is 14.5. The molecule has 178 valence electrons. The highest BCUT2D eigenvalue weighted by molar-refractivity contribution is 5.88. The minimum absolute atomic E-state index is 0.0378. The van der Waals surface area contributed by atoms with E-state index in [9.17, 15) is 4.79 Å². The summed E-state index contributed by atoms with van der Waals surface area (Å²) in [6.07, 6.45) is 2.66. The molecular weight excluding hydrogens is 402 g/mol. The molecule has 0 saturated carbocycles. The number of benzene rings is 1. The zero-order valence-corrected chi connectivity index (χ0v) is 21.3. The number of carbonyl (C=O) groups is 1. The van der Waals surface area contributed by atoms with Gasteiger partial charge in [0.2, 0.25) is 0 Å². The van der Waals surface area contributed by atoms with Crippen molar-refractivity contribution in [1.82, 2.24) is 15.3 Å². The molecule has 0 aromatic heterocycles. The van der Waals surface area contributed by atoms with Crippen molar-refractivity contribution in [3.63, 3.8) is 0 Å². The largest absolute Gasteiger partial charge is 0.405 e. The smallest absolute Gasteiger partial charge is 0.254 e. The normalized spacial score (nSPS) is 29.7. The second-order valence-corrected chi connectivity index (χ2v) is 12.8. The van der Waals surface area contributed by atoms with Gasteiger partial charge in [-0.15, -0.1) is 5.06 Å². The lowest BCUT2D eigenvalue weighted by Crippen LogP contribution is -2.69. The molecule has 3 aliphatic rings. The topological polar surface area (TPSA) is 54.0 Å². The maximum Gasteiger partial charge on any atom is 0.254 e. The molecule has 3 aliphatic heterocycles. The van der Waals surface area contributed by atoms with Crippen LogP contribution in [0.25, 0.3) is 0 Å². The Kier molecular flexibility index (Phi) is 5.10. The summed E-state index contributed by atoms with van der Waals surface area (Å²) in [7, 11) is 2.15. The second kappa shape index (κ2) is 6.94. The minimum atomic E-state index is -0.811. The zero-order valence-electron chi connectivity index (χ0n) is 21.3. The highest BCUT2D eigenvalue weighted by Gasteiger charge is 2.66. The second-order valence-electron chi connectivity index (χ2n) is 12.8. The van der Waals surface area contributed by atoms with E-state index in [0.717, 1.165) is 5.75 Å². The van der Waals surface area contributed by atoms with Gasteiger partial charge in [-0.1, -0.05) is 18.2 Å². The fourth-order valence-corrected chi connectivity index (χ4v) is 6.93. The summed E-state index contributed by atoms with van der Waals surface area (Å²) in [6.45, 7) is 17.5. The van der Waals surface area contributed by atoms with Gasteiger partial charge in [0, 0.05) is 36.8 Å². The number of nitrogens with zero attached hydrogens (tertiary/aromatic N) is 2. The van der Waals surface area contributed by atoms with Crippen LogP contribution < -0.4 is 10.2 Å². The third-order valence-corrected chi connectivity index (χ3v) is 7.87. The van der Waals surface area contributed by atoms with Crippen LogP contribution in [0.2, 0.25) is 0 Å². The highest BCUT2D eigenvalue weighted by atomic mass is 16.7. The van der Waals surface area contributed by atoms with Gasteiger partial charge < -0.3 is 14.9 Å². The monoisotopic (exact) mass is 443 g/mol. The molecule has 6 heteroatoms. The predicted molar refractivity (Wildman–Crippen MR) is 126 cm³/mol. The Balaban J connectivity index is 1.64. The van der Waals surface area contributed by atoms with E-state index in [2.05, 4.69) is 77.7 Å². The number of ether oxygens (including phenoxy) is 1. The van der Waals surface area contributed by atoms with Crippen LogP contribution in [-0.4, -0.2) is 56.4 Å². The number of para-hydroxylation sites is 1. The number of rotatable bonds is 2. The lowest BCUT2D eigenvalue weighted by molar-refractivity contribution is -0.277. The van der Waals surface area contributed by atoms with Gasteiger partial charge in [-0.05, 0) is 74.6 Å². The molecule has 0 unspecified atom stereocenters. The van der Waals surface area contributed by atoms with Gasteiger partial charge in [-0.2, -0.15) is 0 Å². The van der Waals surface area contributed by atoms with Crippen LogP contribution in [0.5, 0.6) is 5.75 Å². The van der Waals surface area contributed by atoms with Gasteiger partial charge >= 0.3 is 0 Å². The molecule has 0 bridgehead atoms. The third-order valence-electron chi connectivity index (χ3n) is 7.87. The quantitative estimate of drug-likeness (QED) is 0.730. The number of nitrogens with one attached hydrogen (secondary N) is 1. The van der Waals surface area contributed by atoms with Crippen LogP contribution in [0.4, 0.5) is 0 Å². The first-order valence-corrected chi connectivity index (χ1v) is 11.8. The summed E-state index contributed by atoms with van der Waals surface area (Å²) >= 11 is 0. The van der Waals surface area contributed by atoms with Crippen LogP contribution in [0.3, 0.4) is 0 Å². The highest BCUT2D eigenvalue weighted by Crippen LogP contribution is 2.53. The zero-order chi connectivity index (χ0) is 23.8. The Labute approximate surface area is 193 Å². The van der Waals surface area contributed by atoms with Gasteiger partial charge in [0.25, 0.3) is 5.91 Å². The molecule has 0 atom stereocenters. The van der Waals surface area contributed by atoms with Gasteiger partial charge in [0.05, 0.1) is 11.1 Å². The molecule has 3 fully saturated rings. The molecule has 3 heterocycles. The summed E-state index contributed by atoms with van der Waals surface area (Å²) in [5, 5.41) is 5.44. The van der Waals surface area contributed by atoms with Gasteiger partial charge in [0.1, 0.15) is 11.5 Å². The van der Waals surface area contributed by atoms with E-state index < -0.39 is 11.3 Å². The molecule has 32 heavy (non-hydrogen) atoms. The molecule has 1 aromatic rings. The van der Waals surface area contributed by atoms with Gasteiger partial charge in [-0.25, -0.2) is 0 Å². The first kappa shape index (κ1) is 23.5. The molecular formula is C26H41N3O3. The average molecular weight is 444 g/mol. The van der Waals surface area contributed by atoms with E-state index in [-0.39, 0.29) is 28.1 Å². The van der Waals surface area contributed by atoms with Crippen LogP contribution >= 0.6 is 0 Å². The molecule has 2 spiro atoms. The number of carbonyl (C=O) groups excluding carboxylic acids is 1. The molecule has 1 amide bonds. The van der Waals surface area contributed by atoms with Crippen molar-refractivity contribution in [2.24, 2.45) is 0 Å². The summed E-state index contributed by atoms with van der Waals surface area (Å²) in [6, 6.07) is 9.90. The summed E-state index contributed by atoms with van der Waals surface area (Å²) in [4.78, 5) is 22.4. The Bertz CT molecular complexity index is 855. The SMILES string of the molecule is CN1C(C)(C)CC2(CC1(C)C)OC1(CC(C)(C)N(Oc3ccccc3)C(C)(C)C1)NC2=O. The Morgan fingerprint density at radius 3 is 1.81 bits per heavy atom. The van der Waals surface area contributed by atoms with Crippen molar-refractivity contribution in [3.8, 4) is 5.75 Å². The standard InChI is InChI=1S/C26H41N3O3/c1-21(2)15-25(16-22(3,4)28(21)9)20(30)27-26(32-25)17-23(5,6)29(24(7,8)18-26)31-19-13-11-10-12-14-19/h10-14H,15-18H2,1-9H3,(H,27,30).